The van der Waals surface area contributed by atoms with Gasteiger partial charge in [-0.25, -0.2) is 0 Å². The van der Waals surface area contributed by atoms with E-state index in [0.29, 0.717) is 11.3 Å². The van der Waals surface area contributed by atoms with Gasteiger partial charge in [-0.15, -0.1) is 0 Å². The van der Waals surface area contributed by atoms with Gasteiger partial charge in [-0.05, 0) is 117 Å². The summed E-state index contributed by atoms with van der Waals surface area (Å²) in [5, 5.41) is 22.2. The van der Waals surface area contributed by atoms with Crippen LogP contribution in [0.2, 0.25) is 0 Å². The molecule has 0 saturated heterocycles. The molecule has 180 valence electrons. The van der Waals surface area contributed by atoms with E-state index in [1.54, 1.807) is 0 Å². The van der Waals surface area contributed by atoms with Crippen molar-refractivity contribution < 1.29 is 10.2 Å². The topological polar surface area (TPSA) is 40.5 Å². The SMILES string of the molecule is CC(C)CCC[C@@H](C)[C@H]1CC[C@H]2[C@@H]3CC[C@H]4C[C@@](C)(O)[C@](C)(O)C[C@]4(C)[C@H]3CC[C@]12C. The largest absolute Gasteiger partial charge is 0.387 e. The Morgan fingerprint density at radius 1 is 0.774 bits per heavy atom. The molecule has 10 atom stereocenters. The number of aliphatic hydroxyl groups is 2. The normalized spacial score (nSPS) is 53.0. The van der Waals surface area contributed by atoms with Gasteiger partial charge in [0.15, 0.2) is 0 Å². The van der Waals surface area contributed by atoms with Gasteiger partial charge in [0.2, 0.25) is 0 Å². The molecule has 4 fully saturated rings. The first-order valence-electron chi connectivity index (χ1n) is 13.8. The van der Waals surface area contributed by atoms with E-state index in [4.69, 9.17) is 0 Å². The van der Waals surface area contributed by atoms with Crippen LogP contribution < -0.4 is 0 Å². The fraction of sp³-hybridized carbons (Fsp3) is 1.00. The summed E-state index contributed by atoms with van der Waals surface area (Å²) in [7, 11) is 0. The van der Waals surface area contributed by atoms with Crippen molar-refractivity contribution in [3.63, 3.8) is 0 Å². The zero-order chi connectivity index (χ0) is 22.8. The summed E-state index contributed by atoms with van der Waals surface area (Å²) in [4.78, 5) is 0. The molecular formula is C29H52O2. The van der Waals surface area contributed by atoms with Crippen LogP contribution in [0.1, 0.15) is 119 Å². The second-order valence-corrected chi connectivity index (χ2v) is 14.1. The van der Waals surface area contributed by atoms with E-state index in [-0.39, 0.29) is 5.41 Å². The summed E-state index contributed by atoms with van der Waals surface area (Å²) in [6.45, 7) is 16.2. The van der Waals surface area contributed by atoms with Gasteiger partial charge in [-0.2, -0.15) is 0 Å². The predicted octanol–water partition coefficient (Wildman–Crippen LogP) is 7.22. The number of hydrogen-bond donors (Lipinski definition) is 2. The Kier molecular flexibility index (Phi) is 6.21. The zero-order valence-electron chi connectivity index (χ0n) is 21.7. The number of rotatable bonds is 5. The third-order valence-electron chi connectivity index (χ3n) is 11.8. The van der Waals surface area contributed by atoms with Crippen molar-refractivity contribution in [2.24, 2.45) is 52.3 Å². The van der Waals surface area contributed by atoms with Crippen molar-refractivity contribution >= 4 is 0 Å². The highest BCUT2D eigenvalue weighted by Crippen LogP contribution is 2.69. The Morgan fingerprint density at radius 3 is 2.13 bits per heavy atom. The highest BCUT2D eigenvalue weighted by molar-refractivity contribution is 5.14. The average Bonchev–Trinajstić information content (AvgIpc) is 2.99. The molecule has 4 rings (SSSR count). The molecule has 4 saturated carbocycles. The molecule has 0 unspecified atom stereocenters. The van der Waals surface area contributed by atoms with Crippen LogP contribution in [0.15, 0.2) is 0 Å². The highest BCUT2D eigenvalue weighted by atomic mass is 16.4. The van der Waals surface area contributed by atoms with E-state index in [9.17, 15) is 10.2 Å². The Bertz CT molecular complexity index is 651. The lowest BCUT2D eigenvalue weighted by molar-refractivity contribution is -0.232. The van der Waals surface area contributed by atoms with Crippen LogP contribution in [-0.4, -0.2) is 21.4 Å². The quantitative estimate of drug-likeness (QED) is 0.481. The van der Waals surface area contributed by atoms with Gasteiger partial charge in [0.25, 0.3) is 0 Å². The monoisotopic (exact) mass is 432 g/mol. The third kappa shape index (κ3) is 3.84. The van der Waals surface area contributed by atoms with Gasteiger partial charge in [0, 0.05) is 0 Å². The maximum Gasteiger partial charge on any atom is 0.0908 e. The molecule has 0 amide bonds. The van der Waals surface area contributed by atoms with Gasteiger partial charge < -0.3 is 10.2 Å². The van der Waals surface area contributed by atoms with Gasteiger partial charge in [0.1, 0.15) is 0 Å². The van der Waals surface area contributed by atoms with Crippen LogP contribution in [0, 0.1) is 52.3 Å². The van der Waals surface area contributed by atoms with Crippen molar-refractivity contribution in [2.45, 2.75) is 130 Å². The standard InChI is InChI=1S/C29H52O2/c1-19(2)9-8-10-20(3)23-13-14-24-22-12-11-21-17-28(6,30)29(7,31)18-27(21,5)25(22)15-16-26(23,24)4/h19-25,30-31H,8-18H2,1-7H3/t20-,21+,22+,23-,24+,25+,26-,27+,28-,29-/m1/s1. The summed E-state index contributed by atoms with van der Waals surface area (Å²) in [5.74, 6) is 5.64. The van der Waals surface area contributed by atoms with Crippen molar-refractivity contribution in [1.82, 2.24) is 0 Å². The first kappa shape index (κ1) is 24.1. The second kappa shape index (κ2) is 8.00. The average molecular weight is 433 g/mol. The van der Waals surface area contributed by atoms with E-state index in [0.717, 1.165) is 48.3 Å². The van der Waals surface area contributed by atoms with Crippen molar-refractivity contribution in [3.05, 3.63) is 0 Å². The van der Waals surface area contributed by atoms with Gasteiger partial charge >= 0.3 is 0 Å². The Hall–Kier alpha value is -0.0800. The van der Waals surface area contributed by atoms with E-state index < -0.39 is 11.2 Å². The third-order valence-corrected chi connectivity index (χ3v) is 11.8. The smallest absolute Gasteiger partial charge is 0.0908 e. The van der Waals surface area contributed by atoms with Gasteiger partial charge in [0.05, 0.1) is 11.2 Å². The van der Waals surface area contributed by atoms with E-state index in [1.165, 1.54) is 57.8 Å². The second-order valence-electron chi connectivity index (χ2n) is 14.1. The fourth-order valence-corrected chi connectivity index (χ4v) is 9.80. The van der Waals surface area contributed by atoms with Crippen LogP contribution in [0.4, 0.5) is 0 Å². The zero-order valence-corrected chi connectivity index (χ0v) is 21.7. The molecule has 31 heavy (non-hydrogen) atoms. The summed E-state index contributed by atoms with van der Waals surface area (Å²) in [5.41, 5.74) is -1.19. The first-order valence-corrected chi connectivity index (χ1v) is 13.8. The molecule has 4 aliphatic carbocycles. The summed E-state index contributed by atoms with van der Waals surface area (Å²) >= 11 is 0. The molecule has 2 nitrogen and oxygen atoms in total. The lowest BCUT2D eigenvalue weighted by atomic mass is 9.42. The number of hydrogen-bond acceptors (Lipinski definition) is 2. The molecule has 0 aromatic heterocycles. The molecule has 0 radical (unpaired) electrons. The van der Waals surface area contributed by atoms with E-state index in [2.05, 4.69) is 34.6 Å². The molecular weight excluding hydrogens is 380 g/mol. The predicted molar refractivity (Wildman–Crippen MR) is 130 cm³/mol. The molecule has 0 aliphatic heterocycles. The summed E-state index contributed by atoms with van der Waals surface area (Å²) in [6, 6.07) is 0. The summed E-state index contributed by atoms with van der Waals surface area (Å²) < 4.78 is 0. The molecule has 0 aromatic rings. The van der Waals surface area contributed by atoms with E-state index in [1.807, 2.05) is 13.8 Å². The minimum Gasteiger partial charge on any atom is -0.387 e. The van der Waals surface area contributed by atoms with Crippen LogP contribution in [-0.2, 0) is 0 Å². The van der Waals surface area contributed by atoms with E-state index >= 15 is 0 Å². The number of fused-ring (bicyclic) bond motifs is 5. The Morgan fingerprint density at radius 2 is 1.45 bits per heavy atom. The highest BCUT2D eigenvalue weighted by Gasteiger charge is 2.64. The summed E-state index contributed by atoms with van der Waals surface area (Å²) in [6.07, 6.45) is 14.0. The maximum absolute atomic E-state index is 11.2. The van der Waals surface area contributed by atoms with Gasteiger partial charge in [-0.1, -0.05) is 53.9 Å². The Labute approximate surface area is 193 Å². The molecule has 0 spiro atoms. The van der Waals surface area contributed by atoms with Crippen molar-refractivity contribution in [2.75, 3.05) is 0 Å². The molecule has 2 heteroatoms. The molecule has 0 bridgehead atoms. The fourth-order valence-electron chi connectivity index (χ4n) is 9.80. The van der Waals surface area contributed by atoms with Crippen LogP contribution in [0.3, 0.4) is 0 Å². The molecule has 4 aliphatic rings. The Balaban J connectivity index is 1.51. The minimum absolute atomic E-state index is 0.191. The first-order chi connectivity index (χ1) is 14.3. The lowest BCUT2D eigenvalue weighted by Crippen LogP contribution is -2.64. The van der Waals surface area contributed by atoms with Crippen LogP contribution in [0.25, 0.3) is 0 Å². The minimum atomic E-state index is -0.968. The molecule has 0 aromatic carbocycles. The lowest BCUT2D eigenvalue weighted by Gasteiger charge is -2.64. The van der Waals surface area contributed by atoms with Crippen LogP contribution in [0.5, 0.6) is 0 Å². The van der Waals surface area contributed by atoms with Crippen LogP contribution >= 0.6 is 0 Å². The van der Waals surface area contributed by atoms with Crippen molar-refractivity contribution in [3.8, 4) is 0 Å². The van der Waals surface area contributed by atoms with Crippen molar-refractivity contribution in [1.29, 1.82) is 0 Å². The maximum atomic E-state index is 11.2. The molecule has 2 N–H and O–H groups in total. The molecule has 0 heterocycles. The van der Waals surface area contributed by atoms with Gasteiger partial charge in [-0.3, -0.25) is 0 Å².